The van der Waals surface area contributed by atoms with E-state index in [1.807, 2.05) is 72.8 Å². The zero-order valence-corrected chi connectivity index (χ0v) is 36.6. The van der Waals surface area contributed by atoms with Crippen molar-refractivity contribution in [3.63, 3.8) is 0 Å². The van der Waals surface area contributed by atoms with Crippen molar-refractivity contribution in [1.82, 2.24) is 80.7 Å². The van der Waals surface area contributed by atoms with Crippen molar-refractivity contribution in [2.75, 3.05) is 0 Å². The van der Waals surface area contributed by atoms with Gasteiger partial charge in [0.1, 0.15) is 34.4 Å². The number of carbonyl (C=O) groups is 2. The van der Waals surface area contributed by atoms with Crippen LogP contribution in [0.5, 0.6) is 0 Å². The van der Waals surface area contributed by atoms with Gasteiger partial charge in [-0.25, -0.2) is 19.9 Å². The van der Waals surface area contributed by atoms with Crippen LogP contribution in [0, 0.1) is 0 Å². The third kappa shape index (κ3) is 22.7. The number of pyridine rings is 4. The van der Waals surface area contributed by atoms with Crippen LogP contribution in [0.4, 0.5) is 34.5 Å². The normalized spacial score (nSPS) is 10.4. The van der Waals surface area contributed by atoms with E-state index in [-0.39, 0.29) is 34.1 Å². The maximum absolute atomic E-state index is 9.75. The average Bonchev–Trinajstić information content (AvgIpc) is 4.14. The van der Waals surface area contributed by atoms with Crippen molar-refractivity contribution < 1.29 is 88.5 Å². The zero-order chi connectivity index (χ0) is 48.0. The Labute approximate surface area is 399 Å². The van der Waals surface area contributed by atoms with Crippen LogP contribution in [0.25, 0.3) is 46.1 Å². The number of aryl methyl sites for hydroxylation is 4. The molecule has 0 aliphatic carbocycles. The minimum Gasteiger partial charge on any atom is -0.543 e. The SMILES string of the molecule is F[B-](F)(F)F.F[B-](F)(F)F.O=C([O-])C(=O)[O-].[Fe+2].[Fe+2].c1ccc(-c2n[nH]c(CCCc3n[nH]c(-c4ccccn4)n3)n2)nc1.c1ccc(-c2n[nH]c(CCCc3n[nH]c(-c4ccccn4)n3)n2)nc1. The van der Waals surface area contributed by atoms with Crippen molar-refractivity contribution in [1.29, 1.82) is 0 Å². The fourth-order valence-corrected chi connectivity index (χ4v) is 4.91. The van der Waals surface area contributed by atoms with Gasteiger partial charge >= 0.3 is 48.6 Å². The molecule has 8 heterocycles. The number of halogens is 8. The van der Waals surface area contributed by atoms with Crippen LogP contribution in [-0.2, 0) is 69.4 Å². The first-order chi connectivity index (χ1) is 31.4. The van der Waals surface area contributed by atoms with Crippen molar-refractivity contribution in [3.8, 4) is 46.1 Å². The van der Waals surface area contributed by atoms with Gasteiger partial charge in [0.15, 0.2) is 34.9 Å². The number of carboxylic acid groups (broad SMARTS) is 2. The van der Waals surface area contributed by atoms with Crippen LogP contribution in [-0.4, -0.2) is 107 Å². The number of carbonyl (C=O) groups excluding carboxylic acids is 2. The van der Waals surface area contributed by atoms with Gasteiger partial charge in [0.05, 0.1) is 11.9 Å². The van der Waals surface area contributed by atoms with Crippen LogP contribution in [0.2, 0.25) is 0 Å². The predicted molar refractivity (Wildman–Crippen MR) is 213 cm³/mol. The molecule has 32 heteroatoms. The summed E-state index contributed by atoms with van der Waals surface area (Å²) in [5, 5.41) is 46.5. The topological polar surface area (TPSA) is 298 Å². The second-order valence-electron chi connectivity index (χ2n) is 12.5. The molecule has 8 rings (SSSR count). The fraction of sp³-hybridized carbons (Fsp3) is 0.167. The summed E-state index contributed by atoms with van der Waals surface area (Å²) in [6.45, 7) is 0. The maximum Gasteiger partial charge on any atom is 2.00 e. The van der Waals surface area contributed by atoms with Gasteiger partial charge in [-0.05, 0) is 61.4 Å². The van der Waals surface area contributed by atoms with Crippen LogP contribution >= 0.6 is 0 Å². The van der Waals surface area contributed by atoms with Gasteiger partial charge in [-0.15, -0.1) is 0 Å². The molecule has 4 N–H and O–H groups in total. The first-order valence-corrected chi connectivity index (χ1v) is 18.9. The third-order valence-corrected chi connectivity index (χ3v) is 7.52. The molecule has 0 spiro atoms. The number of H-pyrrole nitrogens is 4. The van der Waals surface area contributed by atoms with E-state index in [0.717, 1.165) is 84.6 Å². The smallest absolute Gasteiger partial charge is 0.543 e. The molecule has 0 unspecified atom stereocenters. The van der Waals surface area contributed by atoms with Crippen LogP contribution < -0.4 is 10.2 Å². The van der Waals surface area contributed by atoms with Crippen molar-refractivity contribution >= 4 is 26.4 Å². The van der Waals surface area contributed by atoms with Crippen LogP contribution in [0.15, 0.2) is 97.6 Å². The zero-order valence-electron chi connectivity index (χ0n) is 34.4. The molecule has 68 heavy (non-hydrogen) atoms. The predicted octanol–water partition coefficient (Wildman–Crippen LogP) is 3.53. The molecular weight excluding hydrogens is 1010 g/mol. The summed E-state index contributed by atoms with van der Waals surface area (Å²) in [7, 11) is -12.0. The fourth-order valence-electron chi connectivity index (χ4n) is 4.91. The molecule has 358 valence electrons. The second kappa shape index (κ2) is 28.7. The Morgan fingerprint density at radius 3 is 1.03 bits per heavy atom. The molecule has 0 radical (unpaired) electrons. The Morgan fingerprint density at radius 2 is 0.750 bits per heavy atom. The molecule has 0 bridgehead atoms. The monoisotopic (exact) mass is 1040 g/mol. The van der Waals surface area contributed by atoms with Gasteiger partial charge in [0.25, 0.3) is 0 Å². The maximum atomic E-state index is 9.75. The first kappa shape index (κ1) is 56.8. The van der Waals surface area contributed by atoms with Gasteiger partial charge in [0, 0.05) is 50.5 Å². The van der Waals surface area contributed by atoms with E-state index in [9.17, 15) is 34.5 Å². The molecule has 8 aromatic rings. The van der Waals surface area contributed by atoms with E-state index in [4.69, 9.17) is 19.8 Å². The Balaban J connectivity index is 0.000000347. The largest absolute Gasteiger partial charge is 2.00 e. The standard InChI is InChI=1S/2C17H16N8.C2H2O4.2BF4.2Fe/c2*1-3-10-18-12(6-1)16-20-14(22-24-16)8-5-9-15-21-17(25-23-15)13-7-2-4-11-19-13;3-1(4)2(5)6;2*2-1(3,4)5;;/h2*1-4,6-7,10-11H,5,8-9H2,(H,20,22,24)(H,21,23,25);(H,3,4)(H,5,6);;;;/q;;;2*-1;2*+2/p-2. The quantitative estimate of drug-likeness (QED) is 0.0773. The van der Waals surface area contributed by atoms with Crippen LogP contribution in [0.1, 0.15) is 36.1 Å². The van der Waals surface area contributed by atoms with Gasteiger partial charge in [-0.3, -0.25) is 40.3 Å². The third-order valence-electron chi connectivity index (χ3n) is 7.52. The minimum atomic E-state index is -6.00. The van der Waals surface area contributed by atoms with Crippen molar-refractivity contribution in [3.05, 3.63) is 121 Å². The molecule has 0 saturated heterocycles. The molecule has 0 amide bonds. The number of hydrogen-bond donors (Lipinski definition) is 4. The van der Waals surface area contributed by atoms with Gasteiger partial charge < -0.3 is 54.3 Å². The van der Waals surface area contributed by atoms with Crippen LogP contribution in [0.3, 0.4) is 0 Å². The Hall–Kier alpha value is -7.29. The molecule has 0 atom stereocenters. The van der Waals surface area contributed by atoms with Gasteiger partial charge in [-0.1, -0.05) is 24.3 Å². The summed E-state index contributed by atoms with van der Waals surface area (Å²) < 4.78 is 78.0. The molecule has 0 fully saturated rings. The summed E-state index contributed by atoms with van der Waals surface area (Å²) in [5.41, 5.74) is 3.10. The Bertz CT molecular complexity index is 2310. The van der Waals surface area contributed by atoms with Crippen molar-refractivity contribution in [2.45, 2.75) is 38.5 Å². The van der Waals surface area contributed by atoms with Gasteiger partial charge in [0.2, 0.25) is 0 Å². The van der Waals surface area contributed by atoms with Crippen molar-refractivity contribution in [2.24, 2.45) is 0 Å². The van der Waals surface area contributed by atoms with E-state index in [1.54, 1.807) is 24.8 Å². The summed E-state index contributed by atoms with van der Waals surface area (Å²) in [4.78, 5) is 52.8. The first-order valence-electron chi connectivity index (χ1n) is 18.9. The molecule has 0 saturated carbocycles. The van der Waals surface area contributed by atoms with E-state index in [0.29, 0.717) is 23.3 Å². The van der Waals surface area contributed by atoms with E-state index in [1.165, 1.54) is 0 Å². The summed E-state index contributed by atoms with van der Waals surface area (Å²) >= 11 is 0. The molecule has 20 nitrogen and oxygen atoms in total. The Kier molecular flexibility index (Phi) is 24.0. The number of carboxylic acids is 2. The number of aromatic amines is 4. The number of nitrogens with zero attached hydrogens (tertiary/aromatic N) is 12. The number of hydrogen-bond acceptors (Lipinski definition) is 16. The number of aliphatic carboxylic acids is 2. The molecule has 8 aromatic heterocycles. The summed E-state index contributed by atoms with van der Waals surface area (Å²) in [5.74, 6) is 1.44. The van der Waals surface area contributed by atoms with E-state index < -0.39 is 26.4 Å². The summed E-state index contributed by atoms with van der Waals surface area (Å²) in [6, 6.07) is 22.7. The summed E-state index contributed by atoms with van der Waals surface area (Å²) in [6.07, 6.45) is 11.7. The van der Waals surface area contributed by atoms with Gasteiger partial charge in [-0.2, -0.15) is 20.4 Å². The van der Waals surface area contributed by atoms with E-state index in [2.05, 4.69) is 80.7 Å². The van der Waals surface area contributed by atoms with E-state index >= 15 is 0 Å². The number of nitrogens with one attached hydrogen (secondary N) is 4. The second-order valence-corrected chi connectivity index (χ2v) is 12.5. The molecule has 0 aliphatic rings. The minimum absolute atomic E-state index is 0. The average molecular weight is 1040 g/mol. The molecule has 0 aliphatic heterocycles. The number of rotatable bonds is 12. The Morgan fingerprint density at radius 1 is 0.441 bits per heavy atom. The molecule has 0 aromatic carbocycles. The molecular formula is C36H32B2F8Fe2N16O4. The number of aromatic nitrogens is 16.